The van der Waals surface area contributed by atoms with Crippen molar-refractivity contribution in [2.24, 2.45) is 0 Å². The molecular formula is C24H28FN5S. The SMILES string of the molecule is Cc1nn(Cc2ccc(F)cc2)c(C)c1NC(=S)N1CCN(Cc2ccccc2)CC1. The van der Waals surface area contributed by atoms with Gasteiger partial charge in [-0.1, -0.05) is 42.5 Å². The van der Waals surface area contributed by atoms with Crippen LogP contribution in [0.25, 0.3) is 0 Å². The number of rotatable bonds is 5. The molecule has 31 heavy (non-hydrogen) atoms. The van der Waals surface area contributed by atoms with Crippen LogP contribution in [0.3, 0.4) is 0 Å². The summed E-state index contributed by atoms with van der Waals surface area (Å²) in [7, 11) is 0. The average molecular weight is 438 g/mol. The van der Waals surface area contributed by atoms with Crippen LogP contribution in [0.5, 0.6) is 0 Å². The highest BCUT2D eigenvalue weighted by Crippen LogP contribution is 2.21. The van der Waals surface area contributed by atoms with Gasteiger partial charge in [0, 0.05) is 32.7 Å². The smallest absolute Gasteiger partial charge is 0.173 e. The summed E-state index contributed by atoms with van der Waals surface area (Å²) in [6.45, 7) is 9.37. The van der Waals surface area contributed by atoms with E-state index in [0.29, 0.717) is 6.54 Å². The Hall–Kier alpha value is -2.77. The molecule has 7 heteroatoms. The van der Waals surface area contributed by atoms with Gasteiger partial charge in [-0.2, -0.15) is 5.10 Å². The molecule has 0 unspecified atom stereocenters. The molecule has 1 N–H and O–H groups in total. The summed E-state index contributed by atoms with van der Waals surface area (Å²) < 4.78 is 15.1. The molecule has 0 amide bonds. The van der Waals surface area contributed by atoms with Crippen molar-refractivity contribution in [2.45, 2.75) is 26.9 Å². The molecule has 0 saturated carbocycles. The van der Waals surface area contributed by atoms with E-state index in [1.54, 1.807) is 12.1 Å². The molecule has 4 rings (SSSR count). The zero-order valence-electron chi connectivity index (χ0n) is 18.0. The molecule has 1 saturated heterocycles. The largest absolute Gasteiger partial charge is 0.346 e. The van der Waals surface area contributed by atoms with Gasteiger partial charge in [0.25, 0.3) is 0 Å². The normalized spacial score (nSPS) is 14.6. The Bertz CT molecular complexity index is 1020. The van der Waals surface area contributed by atoms with Crippen LogP contribution < -0.4 is 5.32 Å². The maximum atomic E-state index is 13.2. The maximum absolute atomic E-state index is 13.2. The van der Waals surface area contributed by atoms with Gasteiger partial charge in [0.05, 0.1) is 23.6 Å². The third-order valence-corrected chi connectivity index (χ3v) is 6.13. The van der Waals surface area contributed by atoms with Crippen molar-refractivity contribution in [1.82, 2.24) is 19.6 Å². The summed E-state index contributed by atoms with van der Waals surface area (Å²) in [5.41, 5.74) is 5.24. The minimum absolute atomic E-state index is 0.228. The molecule has 1 aliphatic rings. The fourth-order valence-electron chi connectivity index (χ4n) is 3.93. The van der Waals surface area contributed by atoms with E-state index in [9.17, 15) is 4.39 Å². The summed E-state index contributed by atoms with van der Waals surface area (Å²) in [5, 5.41) is 8.83. The van der Waals surface area contributed by atoms with Crippen molar-refractivity contribution in [3.05, 3.63) is 82.9 Å². The second-order valence-electron chi connectivity index (χ2n) is 8.01. The number of aromatic nitrogens is 2. The zero-order valence-corrected chi connectivity index (χ0v) is 18.8. The van der Waals surface area contributed by atoms with Gasteiger partial charge in [0.1, 0.15) is 5.82 Å². The first-order chi connectivity index (χ1) is 15.0. The molecule has 0 aliphatic carbocycles. The number of halogens is 1. The average Bonchev–Trinajstić information content (AvgIpc) is 3.04. The highest BCUT2D eigenvalue weighted by atomic mass is 32.1. The van der Waals surface area contributed by atoms with Crippen molar-refractivity contribution in [2.75, 3.05) is 31.5 Å². The first kappa shape index (κ1) is 21.5. The van der Waals surface area contributed by atoms with Gasteiger partial charge in [0.2, 0.25) is 0 Å². The van der Waals surface area contributed by atoms with Crippen molar-refractivity contribution < 1.29 is 4.39 Å². The third kappa shape index (κ3) is 5.29. The van der Waals surface area contributed by atoms with Crippen LogP contribution in [0.4, 0.5) is 10.1 Å². The summed E-state index contributed by atoms with van der Waals surface area (Å²) >= 11 is 5.71. The minimum Gasteiger partial charge on any atom is -0.346 e. The van der Waals surface area contributed by atoms with Crippen LogP contribution in [0.2, 0.25) is 0 Å². The van der Waals surface area contributed by atoms with Gasteiger partial charge in [-0.25, -0.2) is 4.39 Å². The van der Waals surface area contributed by atoms with Crippen molar-refractivity contribution >= 4 is 23.0 Å². The lowest BCUT2D eigenvalue weighted by molar-refractivity contribution is 0.177. The van der Waals surface area contributed by atoms with E-state index < -0.39 is 0 Å². The molecule has 0 bridgehead atoms. The number of benzene rings is 2. The van der Waals surface area contributed by atoms with Crippen LogP contribution >= 0.6 is 12.2 Å². The summed E-state index contributed by atoms with van der Waals surface area (Å²) in [5.74, 6) is -0.228. The molecule has 1 fully saturated rings. The third-order valence-electron chi connectivity index (χ3n) is 5.77. The molecule has 0 atom stereocenters. The molecule has 0 spiro atoms. The lowest BCUT2D eigenvalue weighted by atomic mass is 10.2. The second-order valence-corrected chi connectivity index (χ2v) is 8.40. The maximum Gasteiger partial charge on any atom is 0.173 e. The molecule has 1 aromatic heterocycles. The number of anilines is 1. The topological polar surface area (TPSA) is 36.3 Å². The molecule has 2 aromatic carbocycles. The Labute approximate surface area is 188 Å². The zero-order chi connectivity index (χ0) is 21.8. The second kappa shape index (κ2) is 9.58. The van der Waals surface area contributed by atoms with Crippen LogP contribution in [0.1, 0.15) is 22.5 Å². The predicted octanol–water partition coefficient (Wildman–Crippen LogP) is 4.20. The van der Waals surface area contributed by atoms with E-state index in [1.165, 1.54) is 17.7 Å². The first-order valence-electron chi connectivity index (χ1n) is 10.6. The standard InChI is InChI=1S/C24H28FN5S/c1-18-23(19(2)30(27-18)17-21-8-10-22(25)11-9-21)26-24(31)29-14-12-28(13-15-29)16-20-6-4-3-5-7-20/h3-11H,12-17H2,1-2H3,(H,26,31). The molecule has 1 aliphatic heterocycles. The van der Waals surface area contributed by atoms with Gasteiger partial charge < -0.3 is 10.2 Å². The van der Waals surface area contributed by atoms with Crippen LogP contribution in [-0.2, 0) is 13.1 Å². The van der Waals surface area contributed by atoms with Crippen molar-refractivity contribution in [3.63, 3.8) is 0 Å². The summed E-state index contributed by atoms with van der Waals surface area (Å²) in [4.78, 5) is 4.69. The first-order valence-corrected chi connectivity index (χ1v) is 11.0. The minimum atomic E-state index is -0.228. The Morgan fingerprint density at radius 3 is 2.26 bits per heavy atom. The molecular weight excluding hydrogens is 409 g/mol. The van der Waals surface area contributed by atoms with Crippen molar-refractivity contribution in [3.8, 4) is 0 Å². The monoisotopic (exact) mass is 437 g/mol. The fraction of sp³-hybridized carbons (Fsp3) is 0.333. The van der Waals surface area contributed by atoms with E-state index in [0.717, 1.165) is 60.5 Å². The fourth-order valence-corrected chi connectivity index (χ4v) is 4.22. The van der Waals surface area contributed by atoms with Gasteiger partial charge >= 0.3 is 0 Å². The Morgan fingerprint density at radius 1 is 0.935 bits per heavy atom. The predicted molar refractivity (Wildman–Crippen MR) is 127 cm³/mol. The molecule has 2 heterocycles. The summed E-state index contributed by atoms with van der Waals surface area (Å²) in [6.07, 6.45) is 0. The number of thiocarbonyl (C=S) groups is 1. The number of hydrogen-bond donors (Lipinski definition) is 1. The summed E-state index contributed by atoms with van der Waals surface area (Å²) in [6, 6.07) is 17.1. The van der Waals surface area contributed by atoms with E-state index in [1.807, 2.05) is 18.5 Å². The number of piperazine rings is 1. The number of aryl methyl sites for hydroxylation is 1. The van der Waals surface area contributed by atoms with Crippen molar-refractivity contribution in [1.29, 1.82) is 0 Å². The number of nitrogens with one attached hydrogen (secondary N) is 1. The quantitative estimate of drug-likeness (QED) is 0.606. The van der Waals surface area contributed by atoms with Gasteiger partial charge in [-0.05, 0) is 49.3 Å². The van der Waals surface area contributed by atoms with E-state index in [-0.39, 0.29) is 5.82 Å². The lowest BCUT2D eigenvalue weighted by Crippen LogP contribution is -2.49. The highest BCUT2D eigenvalue weighted by molar-refractivity contribution is 7.80. The Morgan fingerprint density at radius 2 is 1.58 bits per heavy atom. The van der Waals surface area contributed by atoms with Crippen LogP contribution in [-0.4, -0.2) is 50.9 Å². The van der Waals surface area contributed by atoms with Gasteiger partial charge in [-0.3, -0.25) is 9.58 Å². The lowest BCUT2D eigenvalue weighted by Gasteiger charge is -2.36. The Kier molecular flexibility index (Phi) is 6.63. The van der Waals surface area contributed by atoms with E-state index in [4.69, 9.17) is 12.2 Å². The Balaban J connectivity index is 1.34. The molecule has 162 valence electrons. The molecule has 0 radical (unpaired) electrons. The van der Waals surface area contributed by atoms with Gasteiger partial charge in [-0.15, -0.1) is 0 Å². The molecule has 3 aromatic rings. The van der Waals surface area contributed by atoms with Gasteiger partial charge in [0.15, 0.2) is 5.11 Å². The number of hydrogen-bond acceptors (Lipinski definition) is 3. The highest BCUT2D eigenvalue weighted by Gasteiger charge is 2.21. The van der Waals surface area contributed by atoms with E-state index in [2.05, 4.69) is 50.5 Å². The van der Waals surface area contributed by atoms with Crippen LogP contribution in [0, 0.1) is 19.7 Å². The van der Waals surface area contributed by atoms with Crippen LogP contribution in [0.15, 0.2) is 54.6 Å². The molecule has 5 nitrogen and oxygen atoms in total. The van der Waals surface area contributed by atoms with E-state index >= 15 is 0 Å². The number of nitrogens with zero attached hydrogens (tertiary/aromatic N) is 4.